The van der Waals surface area contributed by atoms with Gasteiger partial charge in [0.25, 0.3) is 0 Å². The second kappa shape index (κ2) is 2.85. The van der Waals surface area contributed by atoms with E-state index in [1.54, 1.807) is 0 Å². The Morgan fingerprint density at radius 1 is 1.17 bits per heavy atom. The topological polar surface area (TPSA) is 57.5 Å². The molecule has 1 atom stereocenters. The smallest absolute Gasteiger partial charge is 0.421 e. The number of carbonyl (C=O) groups is 1. The Morgan fingerprint density at radius 2 is 1.50 bits per heavy atom. The molecule has 1 unspecified atom stereocenters. The van der Waals surface area contributed by atoms with Crippen molar-refractivity contribution in [3.8, 4) is 0 Å². The number of carboxylic acid groups (broad SMARTS) is 1. The van der Waals surface area contributed by atoms with Crippen LogP contribution in [0.3, 0.4) is 0 Å². The van der Waals surface area contributed by atoms with E-state index in [-0.39, 0.29) is 0 Å². The minimum Gasteiger partial charge on any atom is -0.477 e. The SMILES string of the molecule is O=C(O)C(F)(F)C(O)C(F)(F)F. The summed E-state index contributed by atoms with van der Waals surface area (Å²) in [5.41, 5.74) is 0. The third-order valence-electron chi connectivity index (χ3n) is 0.939. The Hall–Kier alpha value is -0.920. The molecule has 0 aromatic heterocycles. The van der Waals surface area contributed by atoms with Gasteiger partial charge in [-0.1, -0.05) is 0 Å². The van der Waals surface area contributed by atoms with Crippen molar-refractivity contribution < 1.29 is 37.0 Å². The Morgan fingerprint density at radius 3 is 1.58 bits per heavy atom. The molecule has 3 nitrogen and oxygen atoms in total. The highest BCUT2D eigenvalue weighted by Crippen LogP contribution is 2.32. The quantitative estimate of drug-likeness (QED) is 0.634. The van der Waals surface area contributed by atoms with E-state index in [9.17, 15) is 26.7 Å². The number of aliphatic carboxylic acids is 1. The van der Waals surface area contributed by atoms with E-state index in [1.165, 1.54) is 0 Å². The summed E-state index contributed by atoms with van der Waals surface area (Å²) in [6, 6.07) is 0. The predicted octanol–water partition coefficient (Wildman–Crippen LogP) is 0.629. The van der Waals surface area contributed by atoms with E-state index in [2.05, 4.69) is 0 Å². The number of aliphatic hydroxyl groups excluding tert-OH is 1. The fraction of sp³-hybridized carbons (Fsp3) is 0.750. The molecule has 0 fully saturated rings. The highest BCUT2D eigenvalue weighted by atomic mass is 19.4. The first-order valence-corrected chi connectivity index (χ1v) is 2.46. The summed E-state index contributed by atoms with van der Waals surface area (Å²) in [5, 5.41) is 15.4. The number of rotatable bonds is 2. The van der Waals surface area contributed by atoms with Crippen LogP contribution in [-0.2, 0) is 4.79 Å². The van der Waals surface area contributed by atoms with E-state index in [0.29, 0.717) is 0 Å². The molecule has 0 radical (unpaired) electrons. The van der Waals surface area contributed by atoms with E-state index < -0.39 is 24.2 Å². The summed E-state index contributed by atoms with van der Waals surface area (Å²) in [6.45, 7) is 0. The fourth-order valence-corrected chi connectivity index (χ4v) is 0.323. The minimum absolute atomic E-state index is 3.02. The van der Waals surface area contributed by atoms with Crippen LogP contribution in [0.1, 0.15) is 0 Å². The maximum absolute atomic E-state index is 11.9. The van der Waals surface area contributed by atoms with Crippen molar-refractivity contribution in [2.45, 2.75) is 18.2 Å². The van der Waals surface area contributed by atoms with E-state index >= 15 is 0 Å². The molecule has 0 aromatic rings. The van der Waals surface area contributed by atoms with Gasteiger partial charge in [-0.15, -0.1) is 0 Å². The lowest BCUT2D eigenvalue weighted by Crippen LogP contribution is -2.49. The molecule has 2 N–H and O–H groups in total. The van der Waals surface area contributed by atoms with Crippen LogP contribution in [0.15, 0.2) is 0 Å². The van der Waals surface area contributed by atoms with Crippen molar-refractivity contribution in [3.63, 3.8) is 0 Å². The van der Waals surface area contributed by atoms with Gasteiger partial charge in [0.15, 0.2) is 0 Å². The minimum atomic E-state index is -5.65. The number of hydrogen-bond acceptors (Lipinski definition) is 2. The molecule has 0 aliphatic carbocycles. The van der Waals surface area contributed by atoms with Crippen LogP contribution in [0.4, 0.5) is 22.0 Å². The van der Waals surface area contributed by atoms with Gasteiger partial charge in [0, 0.05) is 0 Å². The third-order valence-corrected chi connectivity index (χ3v) is 0.939. The number of alkyl halides is 5. The molecule has 0 aliphatic heterocycles. The molecule has 0 aliphatic rings. The van der Waals surface area contributed by atoms with Crippen molar-refractivity contribution in [1.82, 2.24) is 0 Å². The average Bonchev–Trinajstić information content (AvgIpc) is 1.83. The summed E-state index contributed by atoms with van der Waals surface area (Å²) in [4.78, 5) is 9.50. The van der Waals surface area contributed by atoms with Gasteiger partial charge in [-0.05, 0) is 0 Å². The molecule has 0 spiro atoms. The zero-order valence-electron chi connectivity index (χ0n) is 5.27. The Kier molecular flexibility index (Phi) is 2.63. The molecule has 0 saturated carbocycles. The summed E-state index contributed by atoms with van der Waals surface area (Å²) < 4.78 is 57.7. The van der Waals surface area contributed by atoms with Crippen LogP contribution in [0.25, 0.3) is 0 Å². The first kappa shape index (κ1) is 11.1. The number of aliphatic hydroxyl groups is 1. The van der Waals surface area contributed by atoms with Gasteiger partial charge in [-0.3, -0.25) is 0 Å². The second-order valence-corrected chi connectivity index (χ2v) is 1.87. The van der Waals surface area contributed by atoms with Crippen LogP contribution in [0, 0.1) is 0 Å². The van der Waals surface area contributed by atoms with Crippen LogP contribution >= 0.6 is 0 Å². The Bertz CT molecular complexity index is 186. The summed E-state index contributed by atoms with van der Waals surface area (Å²) >= 11 is 0. The van der Waals surface area contributed by atoms with Crippen molar-refractivity contribution in [2.75, 3.05) is 0 Å². The molecular formula is C4H3F5O3. The zero-order valence-corrected chi connectivity index (χ0v) is 5.27. The Labute approximate surface area is 62.4 Å². The molecule has 0 aromatic carbocycles. The van der Waals surface area contributed by atoms with Crippen molar-refractivity contribution in [1.29, 1.82) is 0 Å². The first-order valence-electron chi connectivity index (χ1n) is 2.46. The highest BCUT2D eigenvalue weighted by molar-refractivity contribution is 5.76. The zero-order chi connectivity index (χ0) is 10.2. The van der Waals surface area contributed by atoms with Crippen LogP contribution in [0.5, 0.6) is 0 Å². The maximum atomic E-state index is 11.9. The van der Waals surface area contributed by atoms with E-state index in [1.807, 2.05) is 0 Å². The summed E-state index contributed by atoms with van der Waals surface area (Å²) in [5.74, 6) is -8.23. The van der Waals surface area contributed by atoms with Crippen LogP contribution in [-0.4, -0.2) is 34.4 Å². The van der Waals surface area contributed by atoms with Gasteiger partial charge in [0.1, 0.15) is 0 Å². The Balaban J connectivity index is 4.69. The van der Waals surface area contributed by atoms with Gasteiger partial charge in [0.05, 0.1) is 0 Å². The molecule has 0 heterocycles. The van der Waals surface area contributed by atoms with Gasteiger partial charge in [0.2, 0.25) is 6.10 Å². The molecule has 72 valence electrons. The maximum Gasteiger partial charge on any atom is 0.421 e. The first-order chi connectivity index (χ1) is 5.10. The molecule has 0 bridgehead atoms. The molecule has 12 heavy (non-hydrogen) atoms. The lowest BCUT2D eigenvalue weighted by Gasteiger charge is -2.20. The number of hydrogen-bond donors (Lipinski definition) is 2. The van der Waals surface area contributed by atoms with Crippen LogP contribution in [0.2, 0.25) is 0 Å². The van der Waals surface area contributed by atoms with Crippen molar-refractivity contribution in [2.24, 2.45) is 0 Å². The monoisotopic (exact) mass is 194 g/mol. The fourth-order valence-electron chi connectivity index (χ4n) is 0.323. The molecule has 8 heteroatoms. The summed E-state index contributed by atoms with van der Waals surface area (Å²) in [7, 11) is 0. The van der Waals surface area contributed by atoms with Gasteiger partial charge < -0.3 is 10.2 Å². The van der Waals surface area contributed by atoms with Crippen molar-refractivity contribution in [3.05, 3.63) is 0 Å². The van der Waals surface area contributed by atoms with Gasteiger partial charge in [-0.2, -0.15) is 22.0 Å². The summed E-state index contributed by atoms with van der Waals surface area (Å²) in [6.07, 6.45) is -9.83. The van der Waals surface area contributed by atoms with E-state index in [4.69, 9.17) is 10.2 Å². The molecular weight excluding hydrogens is 191 g/mol. The molecule has 0 amide bonds. The predicted molar refractivity (Wildman–Crippen MR) is 24.6 cm³/mol. The lowest BCUT2D eigenvalue weighted by atomic mass is 10.2. The molecule has 0 saturated heterocycles. The van der Waals surface area contributed by atoms with Crippen LogP contribution < -0.4 is 0 Å². The average molecular weight is 194 g/mol. The molecule has 0 rings (SSSR count). The number of carboxylic acids is 1. The van der Waals surface area contributed by atoms with Crippen molar-refractivity contribution >= 4 is 5.97 Å². The second-order valence-electron chi connectivity index (χ2n) is 1.87. The largest absolute Gasteiger partial charge is 0.477 e. The lowest BCUT2D eigenvalue weighted by molar-refractivity contribution is -0.268. The third kappa shape index (κ3) is 2.03. The number of halogens is 5. The standard InChI is InChI=1S/C4H3F5O3/c5-3(6,2(11)12)1(10)4(7,8)9/h1,10H,(H,11,12). The van der Waals surface area contributed by atoms with Gasteiger partial charge in [-0.25, -0.2) is 4.79 Å². The normalized spacial score (nSPS) is 15.8. The van der Waals surface area contributed by atoms with Gasteiger partial charge >= 0.3 is 18.1 Å². The van der Waals surface area contributed by atoms with E-state index in [0.717, 1.165) is 0 Å². The highest BCUT2D eigenvalue weighted by Gasteiger charge is 2.59.